The van der Waals surface area contributed by atoms with Gasteiger partial charge in [-0.3, -0.25) is 9.59 Å². The van der Waals surface area contributed by atoms with E-state index in [-0.39, 0.29) is 12.5 Å². The molecule has 0 radical (unpaired) electrons. The lowest BCUT2D eigenvalue weighted by Crippen LogP contribution is -2.40. The van der Waals surface area contributed by atoms with E-state index in [9.17, 15) is 14.4 Å². The highest BCUT2D eigenvalue weighted by Crippen LogP contribution is 2.29. The number of thiophene rings is 1. The largest absolute Gasteiger partial charge is 0.448 e. The van der Waals surface area contributed by atoms with E-state index in [1.165, 1.54) is 35.1 Å². The van der Waals surface area contributed by atoms with Crippen LogP contribution in [-0.2, 0) is 27.2 Å². The summed E-state index contributed by atoms with van der Waals surface area (Å²) in [7, 11) is 0. The normalized spacial score (nSPS) is 14.2. The van der Waals surface area contributed by atoms with Crippen molar-refractivity contribution in [1.82, 2.24) is 5.32 Å². The smallest absolute Gasteiger partial charge is 0.349 e. The molecule has 2 aromatic rings. The molecular formula is C23H28N2O4S. The van der Waals surface area contributed by atoms with Crippen LogP contribution < -0.4 is 10.6 Å². The van der Waals surface area contributed by atoms with E-state index in [0.717, 1.165) is 42.5 Å². The number of hydrogen-bond donors (Lipinski definition) is 2. The maximum Gasteiger partial charge on any atom is 0.349 e. The molecule has 6 nitrogen and oxygen atoms in total. The number of amides is 2. The molecule has 0 fully saturated rings. The lowest BCUT2D eigenvalue weighted by Gasteiger charge is -2.14. The van der Waals surface area contributed by atoms with E-state index in [0.29, 0.717) is 4.88 Å². The number of nitrogens with one attached hydrogen (secondary N) is 2. The topological polar surface area (TPSA) is 84.5 Å². The summed E-state index contributed by atoms with van der Waals surface area (Å²) in [5, 5.41) is 5.34. The van der Waals surface area contributed by atoms with Crippen molar-refractivity contribution in [3.05, 3.63) is 50.7 Å². The summed E-state index contributed by atoms with van der Waals surface area (Å²) < 4.78 is 5.32. The standard InChI is InChI=1S/C23H28N2O4S/c1-14-8-7-9-15(2)21(14)25-20(26)13-24-22(27)16(3)29-23(28)19-12-17-10-5-4-6-11-18(17)30-19/h7-9,12,16H,4-6,10-11,13H2,1-3H3,(H,24,27)(H,25,26)/t16-/m1/s1. The second kappa shape index (κ2) is 9.89. The highest BCUT2D eigenvalue weighted by Gasteiger charge is 2.22. The van der Waals surface area contributed by atoms with Gasteiger partial charge in [0.05, 0.1) is 6.54 Å². The number of esters is 1. The van der Waals surface area contributed by atoms with Gasteiger partial charge in [-0.2, -0.15) is 0 Å². The third kappa shape index (κ3) is 5.48. The zero-order chi connectivity index (χ0) is 21.7. The number of benzene rings is 1. The van der Waals surface area contributed by atoms with Crippen LogP contribution in [0.25, 0.3) is 0 Å². The zero-order valence-electron chi connectivity index (χ0n) is 17.7. The van der Waals surface area contributed by atoms with Gasteiger partial charge in [0.2, 0.25) is 5.91 Å². The van der Waals surface area contributed by atoms with Crippen LogP contribution in [0.4, 0.5) is 5.69 Å². The second-order valence-corrected chi connectivity index (χ2v) is 8.84. The van der Waals surface area contributed by atoms with E-state index >= 15 is 0 Å². The van der Waals surface area contributed by atoms with Gasteiger partial charge in [-0.05, 0) is 69.2 Å². The number of carbonyl (C=O) groups excluding carboxylic acids is 3. The van der Waals surface area contributed by atoms with Crippen molar-refractivity contribution in [2.45, 2.75) is 59.0 Å². The van der Waals surface area contributed by atoms with E-state index in [1.807, 2.05) is 38.1 Å². The summed E-state index contributed by atoms with van der Waals surface area (Å²) in [5.41, 5.74) is 3.87. The lowest BCUT2D eigenvalue weighted by molar-refractivity contribution is -0.130. The van der Waals surface area contributed by atoms with E-state index < -0.39 is 18.0 Å². The van der Waals surface area contributed by atoms with Gasteiger partial charge in [-0.1, -0.05) is 24.6 Å². The molecule has 2 amide bonds. The number of ether oxygens (including phenoxy) is 1. The summed E-state index contributed by atoms with van der Waals surface area (Å²) in [4.78, 5) is 38.7. The highest BCUT2D eigenvalue weighted by molar-refractivity contribution is 7.14. The minimum Gasteiger partial charge on any atom is -0.448 e. The molecule has 1 atom stereocenters. The van der Waals surface area contributed by atoms with Gasteiger partial charge in [0.1, 0.15) is 4.88 Å². The minimum atomic E-state index is -0.979. The molecule has 0 aliphatic heterocycles. The van der Waals surface area contributed by atoms with E-state index in [1.54, 1.807) is 0 Å². The van der Waals surface area contributed by atoms with Gasteiger partial charge >= 0.3 is 5.97 Å². The number of aryl methyl sites for hydroxylation is 4. The molecular weight excluding hydrogens is 400 g/mol. The van der Waals surface area contributed by atoms with Gasteiger partial charge in [0.25, 0.3) is 5.91 Å². The van der Waals surface area contributed by atoms with Crippen molar-refractivity contribution in [3.8, 4) is 0 Å². The monoisotopic (exact) mass is 428 g/mol. The molecule has 30 heavy (non-hydrogen) atoms. The third-order valence-corrected chi connectivity index (χ3v) is 6.49. The summed E-state index contributed by atoms with van der Waals surface area (Å²) in [6, 6.07) is 7.64. The number of fused-ring (bicyclic) bond motifs is 1. The molecule has 160 valence electrons. The van der Waals surface area contributed by atoms with E-state index in [2.05, 4.69) is 10.6 Å². The Morgan fingerprint density at radius 2 is 1.80 bits per heavy atom. The number of hydrogen-bond acceptors (Lipinski definition) is 5. The number of anilines is 1. The van der Waals surface area contributed by atoms with Gasteiger partial charge in [0.15, 0.2) is 6.10 Å². The van der Waals surface area contributed by atoms with Gasteiger partial charge in [-0.25, -0.2) is 4.79 Å². The molecule has 1 aliphatic carbocycles. The fraction of sp³-hybridized carbons (Fsp3) is 0.435. The predicted octanol–water partition coefficient (Wildman–Crippen LogP) is 3.93. The van der Waals surface area contributed by atoms with Gasteiger partial charge < -0.3 is 15.4 Å². The van der Waals surface area contributed by atoms with E-state index in [4.69, 9.17) is 4.74 Å². The summed E-state index contributed by atoms with van der Waals surface area (Å²) in [6.45, 7) is 5.14. The maximum atomic E-state index is 12.4. The van der Waals surface area contributed by atoms with Crippen molar-refractivity contribution < 1.29 is 19.1 Å². The zero-order valence-corrected chi connectivity index (χ0v) is 18.5. The quantitative estimate of drug-likeness (QED) is 0.539. The first-order chi connectivity index (χ1) is 14.3. The van der Waals surface area contributed by atoms with Crippen LogP contribution in [0, 0.1) is 13.8 Å². The molecule has 1 heterocycles. The first-order valence-electron chi connectivity index (χ1n) is 10.3. The Morgan fingerprint density at radius 3 is 2.53 bits per heavy atom. The molecule has 0 bridgehead atoms. The lowest BCUT2D eigenvalue weighted by atomic mass is 10.1. The van der Waals surface area contributed by atoms with Crippen LogP contribution >= 0.6 is 11.3 Å². The Balaban J connectivity index is 1.49. The molecule has 0 saturated carbocycles. The first kappa shape index (κ1) is 22.0. The molecule has 2 N–H and O–H groups in total. The molecule has 7 heteroatoms. The number of carbonyl (C=O) groups is 3. The Kier molecular flexibility index (Phi) is 7.26. The Bertz CT molecular complexity index is 907. The summed E-state index contributed by atoms with van der Waals surface area (Å²) in [6.07, 6.45) is 4.51. The summed E-state index contributed by atoms with van der Waals surface area (Å²) in [5.74, 6) is -1.32. The average molecular weight is 429 g/mol. The number of rotatable bonds is 6. The van der Waals surface area contributed by atoms with Crippen LogP contribution in [-0.4, -0.2) is 30.4 Å². The maximum absolute atomic E-state index is 12.4. The Morgan fingerprint density at radius 1 is 1.10 bits per heavy atom. The first-order valence-corrected chi connectivity index (χ1v) is 11.1. The van der Waals surface area contributed by atoms with Crippen molar-refractivity contribution in [2.75, 3.05) is 11.9 Å². The van der Waals surface area contributed by atoms with Crippen LogP contribution in [0.1, 0.15) is 57.4 Å². The van der Waals surface area contributed by atoms with Crippen LogP contribution in [0.15, 0.2) is 24.3 Å². The highest BCUT2D eigenvalue weighted by atomic mass is 32.1. The van der Waals surface area contributed by atoms with Crippen molar-refractivity contribution in [2.24, 2.45) is 0 Å². The second-order valence-electron chi connectivity index (χ2n) is 7.70. The fourth-order valence-corrected chi connectivity index (χ4v) is 4.68. The Labute approximate surface area is 181 Å². The molecule has 1 aromatic carbocycles. The van der Waals surface area contributed by atoms with Crippen LogP contribution in [0.2, 0.25) is 0 Å². The molecule has 3 rings (SSSR count). The van der Waals surface area contributed by atoms with Gasteiger partial charge in [-0.15, -0.1) is 11.3 Å². The molecule has 0 unspecified atom stereocenters. The number of para-hydroxylation sites is 1. The van der Waals surface area contributed by atoms with Crippen molar-refractivity contribution in [1.29, 1.82) is 0 Å². The Hall–Kier alpha value is -2.67. The molecule has 0 saturated heterocycles. The predicted molar refractivity (Wildman–Crippen MR) is 118 cm³/mol. The third-order valence-electron chi connectivity index (χ3n) is 5.27. The molecule has 1 aromatic heterocycles. The fourth-order valence-electron chi connectivity index (χ4n) is 3.55. The van der Waals surface area contributed by atoms with Crippen molar-refractivity contribution >= 4 is 34.8 Å². The summed E-state index contributed by atoms with van der Waals surface area (Å²) >= 11 is 1.46. The van der Waals surface area contributed by atoms with Crippen LogP contribution in [0.3, 0.4) is 0 Å². The molecule has 0 spiro atoms. The SMILES string of the molecule is Cc1cccc(C)c1NC(=O)CNC(=O)[C@@H](C)OC(=O)c1cc2c(s1)CCCCC2. The van der Waals surface area contributed by atoms with Gasteiger partial charge in [0, 0.05) is 10.6 Å². The van der Waals surface area contributed by atoms with Crippen LogP contribution in [0.5, 0.6) is 0 Å². The molecule has 1 aliphatic rings. The van der Waals surface area contributed by atoms with Crippen molar-refractivity contribution in [3.63, 3.8) is 0 Å². The minimum absolute atomic E-state index is 0.193. The average Bonchev–Trinajstić information content (AvgIpc) is 2.99.